The molecule has 30 heavy (non-hydrogen) atoms. The second-order valence-electron chi connectivity index (χ2n) is 7.26. The molecule has 2 aromatic rings. The van der Waals surface area contributed by atoms with Crippen molar-refractivity contribution in [1.82, 2.24) is 4.98 Å². The fourth-order valence-electron chi connectivity index (χ4n) is 3.84. The smallest absolute Gasteiger partial charge is 0.249 e. The zero-order valence-electron chi connectivity index (χ0n) is 16.3. The van der Waals surface area contributed by atoms with Gasteiger partial charge in [0, 0.05) is 30.8 Å². The van der Waals surface area contributed by atoms with E-state index in [1.54, 1.807) is 0 Å². The van der Waals surface area contributed by atoms with Gasteiger partial charge in [0.2, 0.25) is 17.6 Å². The van der Waals surface area contributed by atoms with E-state index in [1.165, 1.54) is 31.5 Å². The van der Waals surface area contributed by atoms with Crippen LogP contribution in [0.4, 0.5) is 23.2 Å². The molecule has 2 atom stereocenters. The fourth-order valence-corrected chi connectivity index (χ4v) is 3.84. The minimum Gasteiger partial charge on any atom is -0.493 e. The molecule has 1 amide bonds. The predicted molar refractivity (Wildman–Crippen MR) is 101 cm³/mol. The molecular weight excluding hydrogens is 404 g/mol. The van der Waals surface area contributed by atoms with Crippen molar-refractivity contribution in [2.24, 2.45) is 5.92 Å². The van der Waals surface area contributed by atoms with E-state index in [4.69, 9.17) is 4.74 Å². The van der Waals surface area contributed by atoms with E-state index in [1.807, 2.05) is 0 Å². The summed E-state index contributed by atoms with van der Waals surface area (Å²) in [7, 11) is 1.14. The molecule has 1 aliphatic rings. The van der Waals surface area contributed by atoms with Crippen molar-refractivity contribution in [3.05, 3.63) is 53.4 Å². The molecule has 0 radical (unpaired) electrons. The number of nitrogens with one attached hydrogen (secondary N) is 1. The van der Waals surface area contributed by atoms with Crippen LogP contribution in [0.15, 0.2) is 30.6 Å². The second kappa shape index (κ2) is 8.41. The molecule has 1 heterocycles. The molecule has 9 heteroatoms. The number of aromatic nitrogens is 1. The normalized spacial score (nSPS) is 20.5. The molecule has 1 fully saturated rings. The monoisotopic (exact) mass is 424 g/mol. The SMILES string of the molecule is COc1c([C@@H]2CCC(F)(F)C[C@H]2C(=O)Nc2ccncc2C(C)=O)ccc(F)c1F. The number of hydrogen-bond acceptors (Lipinski definition) is 4. The number of alkyl halides is 2. The summed E-state index contributed by atoms with van der Waals surface area (Å²) in [6, 6.07) is 3.52. The van der Waals surface area contributed by atoms with Gasteiger partial charge < -0.3 is 10.1 Å². The van der Waals surface area contributed by atoms with Gasteiger partial charge in [0.15, 0.2) is 17.3 Å². The van der Waals surface area contributed by atoms with Crippen LogP contribution < -0.4 is 10.1 Å². The standard InChI is InChI=1S/C21H20F4N2O3/c1-11(28)15-10-26-8-6-17(15)27-20(29)14-9-21(24,25)7-5-12(14)13-3-4-16(22)18(23)19(13)30-2/h3-4,6,8,10,12,14H,5,7,9H2,1-2H3,(H,26,27,29)/t12-,14+/m0/s1. The molecular formula is C21H20F4N2O3. The van der Waals surface area contributed by atoms with Crippen LogP contribution in [0.2, 0.25) is 0 Å². The average molecular weight is 424 g/mol. The van der Waals surface area contributed by atoms with Crippen molar-refractivity contribution in [2.75, 3.05) is 12.4 Å². The number of ether oxygens (including phenoxy) is 1. The number of Topliss-reactive ketones (excluding diaryl/α,β-unsaturated/α-hetero) is 1. The van der Waals surface area contributed by atoms with Gasteiger partial charge in [-0.3, -0.25) is 14.6 Å². The summed E-state index contributed by atoms with van der Waals surface area (Å²) in [6.45, 7) is 1.29. The van der Waals surface area contributed by atoms with Crippen molar-refractivity contribution in [3.63, 3.8) is 0 Å². The number of hydrogen-bond donors (Lipinski definition) is 1. The maximum absolute atomic E-state index is 14.2. The molecule has 1 aromatic heterocycles. The Bertz CT molecular complexity index is 981. The summed E-state index contributed by atoms with van der Waals surface area (Å²) in [5.41, 5.74) is 0.427. The molecule has 0 bridgehead atoms. The molecule has 3 rings (SSSR count). The van der Waals surface area contributed by atoms with E-state index in [9.17, 15) is 27.2 Å². The van der Waals surface area contributed by atoms with Crippen molar-refractivity contribution in [1.29, 1.82) is 0 Å². The van der Waals surface area contributed by atoms with Gasteiger partial charge in [-0.1, -0.05) is 6.07 Å². The lowest BCUT2D eigenvalue weighted by molar-refractivity contribution is -0.128. The molecule has 0 spiro atoms. The summed E-state index contributed by atoms with van der Waals surface area (Å²) < 4.78 is 61.1. The van der Waals surface area contributed by atoms with Crippen molar-refractivity contribution in [2.45, 2.75) is 38.0 Å². The van der Waals surface area contributed by atoms with Gasteiger partial charge in [0.1, 0.15) is 0 Å². The maximum Gasteiger partial charge on any atom is 0.249 e. The molecule has 0 saturated heterocycles. The first-order valence-corrected chi connectivity index (χ1v) is 9.30. The van der Waals surface area contributed by atoms with Crippen LogP contribution in [-0.2, 0) is 4.79 Å². The van der Waals surface area contributed by atoms with Crippen LogP contribution in [0.25, 0.3) is 0 Å². The number of carbonyl (C=O) groups excluding carboxylic acids is 2. The number of ketones is 1. The van der Waals surface area contributed by atoms with E-state index < -0.39 is 53.9 Å². The first-order valence-electron chi connectivity index (χ1n) is 9.30. The summed E-state index contributed by atoms with van der Waals surface area (Å²) >= 11 is 0. The molecule has 0 unspecified atom stereocenters. The third-order valence-corrected chi connectivity index (χ3v) is 5.30. The molecule has 5 nitrogen and oxygen atoms in total. The fraction of sp³-hybridized carbons (Fsp3) is 0.381. The van der Waals surface area contributed by atoms with Crippen LogP contribution in [0.5, 0.6) is 5.75 Å². The van der Waals surface area contributed by atoms with Crippen molar-refractivity contribution >= 4 is 17.4 Å². The van der Waals surface area contributed by atoms with Gasteiger partial charge in [-0.15, -0.1) is 0 Å². The molecule has 160 valence electrons. The minimum absolute atomic E-state index is 0.123. The molecule has 1 saturated carbocycles. The number of benzene rings is 1. The van der Waals surface area contributed by atoms with Crippen LogP contribution in [0, 0.1) is 17.6 Å². The minimum atomic E-state index is -3.09. The van der Waals surface area contributed by atoms with Gasteiger partial charge in [-0.2, -0.15) is 4.39 Å². The molecule has 1 aromatic carbocycles. The Morgan fingerprint density at radius 1 is 1.23 bits per heavy atom. The number of rotatable bonds is 5. The largest absolute Gasteiger partial charge is 0.493 e. The lowest BCUT2D eigenvalue weighted by Gasteiger charge is -2.36. The number of anilines is 1. The lowest BCUT2D eigenvalue weighted by Crippen LogP contribution is -2.38. The van der Waals surface area contributed by atoms with Crippen LogP contribution in [0.1, 0.15) is 48.0 Å². The zero-order valence-corrected chi connectivity index (χ0v) is 16.3. The number of halogens is 4. The van der Waals surface area contributed by atoms with E-state index in [2.05, 4.69) is 10.3 Å². The number of amides is 1. The number of nitrogens with zero attached hydrogens (tertiary/aromatic N) is 1. The summed E-state index contributed by atoms with van der Waals surface area (Å²) in [6.07, 6.45) is 1.22. The Kier molecular flexibility index (Phi) is 6.09. The predicted octanol–water partition coefficient (Wildman–Crippen LogP) is 4.73. The zero-order chi connectivity index (χ0) is 22.1. The quantitative estimate of drug-likeness (QED) is 0.557. The number of pyridine rings is 1. The van der Waals surface area contributed by atoms with Crippen LogP contribution in [0.3, 0.4) is 0 Å². The third-order valence-electron chi connectivity index (χ3n) is 5.30. The number of methoxy groups -OCH3 is 1. The van der Waals surface area contributed by atoms with Gasteiger partial charge in [0.05, 0.1) is 24.3 Å². The first-order chi connectivity index (χ1) is 14.1. The number of carbonyl (C=O) groups is 2. The van der Waals surface area contributed by atoms with E-state index >= 15 is 0 Å². The highest BCUT2D eigenvalue weighted by Gasteiger charge is 2.46. The van der Waals surface area contributed by atoms with Crippen molar-refractivity contribution in [3.8, 4) is 5.75 Å². The third kappa shape index (κ3) is 4.29. The Labute approximate surface area is 170 Å². The van der Waals surface area contributed by atoms with Gasteiger partial charge >= 0.3 is 0 Å². The van der Waals surface area contributed by atoms with E-state index in [-0.39, 0.29) is 29.0 Å². The highest BCUT2D eigenvalue weighted by molar-refractivity contribution is 6.04. The van der Waals surface area contributed by atoms with E-state index in [0.29, 0.717) is 0 Å². The van der Waals surface area contributed by atoms with Gasteiger partial charge in [-0.05, 0) is 31.4 Å². The topological polar surface area (TPSA) is 68.3 Å². The molecule has 1 aliphatic carbocycles. The first kappa shape index (κ1) is 21.7. The van der Waals surface area contributed by atoms with Crippen LogP contribution >= 0.6 is 0 Å². The Morgan fingerprint density at radius 3 is 2.63 bits per heavy atom. The summed E-state index contributed by atoms with van der Waals surface area (Å²) in [5, 5.41) is 2.52. The second-order valence-corrected chi connectivity index (χ2v) is 7.26. The summed E-state index contributed by atoms with van der Waals surface area (Å²) in [5.74, 6) is -9.05. The van der Waals surface area contributed by atoms with Gasteiger partial charge in [0.25, 0.3) is 0 Å². The van der Waals surface area contributed by atoms with Crippen molar-refractivity contribution < 1.29 is 31.9 Å². The molecule has 1 N–H and O–H groups in total. The lowest BCUT2D eigenvalue weighted by atomic mass is 9.73. The highest BCUT2D eigenvalue weighted by atomic mass is 19.3. The van der Waals surface area contributed by atoms with Gasteiger partial charge in [-0.25, -0.2) is 13.2 Å². The Hall–Kier alpha value is -2.97. The van der Waals surface area contributed by atoms with Crippen LogP contribution in [-0.4, -0.2) is 29.7 Å². The maximum atomic E-state index is 14.2. The van der Waals surface area contributed by atoms with E-state index in [0.717, 1.165) is 13.2 Å². The Balaban J connectivity index is 1.98. The average Bonchev–Trinajstić information content (AvgIpc) is 2.69. The summed E-state index contributed by atoms with van der Waals surface area (Å²) in [4.78, 5) is 28.6. The Morgan fingerprint density at radius 2 is 1.97 bits per heavy atom. The highest BCUT2D eigenvalue weighted by Crippen LogP contribution is 2.48. The molecule has 0 aliphatic heterocycles.